The van der Waals surface area contributed by atoms with Crippen molar-refractivity contribution in [3.8, 4) is 11.5 Å². The van der Waals surface area contributed by atoms with Crippen molar-refractivity contribution in [3.63, 3.8) is 0 Å². The number of benzene rings is 2. The maximum absolute atomic E-state index is 13.2. The molecule has 0 saturated carbocycles. The molecule has 162 valence electrons. The second-order valence-corrected chi connectivity index (χ2v) is 8.43. The summed E-state index contributed by atoms with van der Waals surface area (Å²) in [6, 6.07) is 13.9. The average Bonchev–Trinajstić information content (AvgIpc) is 3.54. The first-order valence-corrected chi connectivity index (χ1v) is 10.9. The number of hydrogen-bond acceptors (Lipinski definition) is 6. The van der Waals surface area contributed by atoms with Crippen molar-refractivity contribution in [2.24, 2.45) is 0 Å². The van der Waals surface area contributed by atoms with Crippen molar-refractivity contribution in [2.45, 2.75) is 12.5 Å². The molecular formula is C24H18FNO5S. The van der Waals surface area contributed by atoms with Gasteiger partial charge in [0.25, 0.3) is 11.7 Å². The molecule has 6 nitrogen and oxygen atoms in total. The Bertz CT molecular complexity index is 1220. The van der Waals surface area contributed by atoms with Crippen LogP contribution in [0.25, 0.3) is 5.76 Å². The molecule has 1 N–H and O–H groups in total. The summed E-state index contributed by atoms with van der Waals surface area (Å²) in [5.41, 5.74) is 1.25. The predicted octanol–water partition coefficient (Wildman–Crippen LogP) is 4.28. The van der Waals surface area contributed by atoms with Crippen molar-refractivity contribution in [1.82, 2.24) is 4.90 Å². The summed E-state index contributed by atoms with van der Waals surface area (Å²) in [6.07, 6.45) is 0.444. The van der Waals surface area contributed by atoms with Crippen LogP contribution in [0.4, 0.5) is 4.39 Å². The quantitative estimate of drug-likeness (QED) is 0.356. The number of thiophene rings is 1. The summed E-state index contributed by atoms with van der Waals surface area (Å²) >= 11 is 1.40. The number of fused-ring (bicyclic) bond motifs is 1. The average molecular weight is 451 g/mol. The Morgan fingerprint density at radius 1 is 1.09 bits per heavy atom. The summed E-state index contributed by atoms with van der Waals surface area (Å²) in [5.74, 6) is -0.991. The lowest BCUT2D eigenvalue weighted by Gasteiger charge is -2.24. The third-order valence-corrected chi connectivity index (χ3v) is 6.48. The molecule has 0 aliphatic carbocycles. The highest BCUT2D eigenvalue weighted by Crippen LogP contribution is 2.42. The van der Waals surface area contributed by atoms with Crippen LogP contribution in [0.3, 0.4) is 0 Å². The number of halogens is 1. The number of aliphatic hydroxyl groups excluding tert-OH is 1. The minimum Gasteiger partial charge on any atom is -0.507 e. The van der Waals surface area contributed by atoms with E-state index in [1.807, 2.05) is 17.5 Å². The number of ether oxygens (including phenoxy) is 2. The first kappa shape index (κ1) is 20.3. The normalized spacial score (nSPS) is 19.0. The SMILES string of the molecule is O=C1C(=O)N(CCc2ccc(F)cc2)C(c2cccs2)/C1=C(/O)c1ccc2c(c1)OCO2. The van der Waals surface area contributed by atoms with Gasteiger partial charge in [-0.25, -0.2) is 4.39 Å². The second kappa shape index (κ2) is 8.12. The van der Waals surface area contributed by atoms with E-state index in [-0.39, 0.29) is 30.5 Å². The van der Waals surface area contributed by atoms with Crippen LogP contribution in [-0.2, 0) is 16.0 Å². The zero-order chi connectivity index (χ0) is 22.2. The van der Waals surface area contributed by atoms with Gasteiger partial charge in [0.1, 0.15) is 11.6 Å². The molecule has 2 aliphatic heterocycles. The van der Waals surface area contributed by atoms with Gasteiger partial charge in [-0.2, -0.15) is 0 Å². The minimum atomic E-state index is -0.738. The molecule has 3 heterocycles. The lowest BCUT2D eigenvalue weighted by molar-refractivity contribution is -0.139. The third kappa shape index (κ3) is 3.52. The molecule has 1 aromatic heterocycles. The number of nitrogens with zero attached hydrogens (tertiary/aromatic N) is 1. The molecule has 0 radical (unpaired) electrons. The topological polar surface area (TPSA) is 76.1 Å². The van der Waals surface area contributed by atoms with E-state index in [1.165, 1.54) is 28.4 Å². The fourth-order valence-electron chi connectivity index (χ4n) is 3.95. The summed E-state index contributed by atoms with van der Waals surface area (Å²) in [7, 11) is 0. The zero-order valence-electron chi connectivity index (χ0n) is 16.8. The van der Waals surface area contributed by atoms with Crippen molar-refractivity contribution in [3.05, 3.63) is 87.4 Å². The van der Waals surface area contributed by atoms with Crippen LogP contribution < -0.4 is 9.47 Å². The third-order valence-electron chi connectivity index (χ3n) is 5.55. The molecule has 32 heavy (non-hydrogen) atoms. The van der Waals surface area contributed by atoms with Gasteiger partial charge in [0, 0.05) is 17.0 Å². The monoisotopic (exact) mass is 451 g/mol. The van der Waals surface area contributed by atoms with Crippen molar-refractivity contribution < 1.29 is 28.6 Å². The van der Waals surface area contributed by atoms with Crippen LogP contribution in [0.1, 0.15) is 22.0 Å². The molecule has 3 aromatic rings. The maximum Gasteiger partial charge on any atom is 0.295 e. The molecule has 1 atom stereocenters. The standard InChI is InChI=1S/C24H18FNO5S/c25-16-6-3-14(4-7-16)9-10-26-21(19-2-1-11-32-19)20(23(28)24(26)29)22(27)15-5-8-17-18(12-15)31-13-30-17/h1-8,11-12,21,27H,9-10,13H2/b22-20-. The van der Waals surface area contributed by atoms with E-state index in [0.717, 1.165) is 10.4 Å². The van der Waals surface area contributed by atoms with Gasteiger partial charge in [-0.05, 0) is 53.8 Å². The van der Waals surface area contributed by atoms with E-state index >= 15 is 0 Å². The van der Waals surface area contributed by atoms with Crippen LogP contribution in [0, 0.1) is 5.82 Å². The van der Waals surface area contributed by atoms with Crippen molar-refractivity contribution >= 4 is 28.8 Å². The Morgan fingerprint density at radius 2 is 1.88 bits per heavy atom. The van der Waals surface area contributed by atoms with Crippen LogP contribution in [0.2, 0.25) is 0 Å². The molecule has 1 saturated heterocycles. The highest BCUT2D eigenvalue weighted by Gasteiger charge is 2.46. The van der Waals surface area contributed by atoms with Gasteiger partial charge in [-0.15, -0.1) is 11.3 Å². The smallest absolute Gasteiger partial charge is 0.295 e. The second-order valence-electron chi connectivity index (χ2n) is 7.45. The molecule has 2 aromatic carbocycles. The summed E-state index contributed by atoms with van der Waals surface area (Å²) < 4.78 is 23.9. The molecule has 1 unspecified atom stereocenters. The summed E-state index contributed by atoms with van der Waals surface area (Å²) in [6.45, 7) is 0.333. The van der Waals surface area contributed by atoms with Crippen molar-refractivity contribution in [1.29, 1.82) is 0 Å². The van der Waals surface area contributed by atoms with E-state index in [1.54, 1.807) is 30.3 Å². The summed E-state index contributed by atoms with van der Waals surface area (Å²) in [5, 5.41) is 12.9. The first-order valence-electron chi connectivity index (χ1n) is 9.99. The van der Waals surface area contributed by atoms with Gasteiger partial charge in [-0.1, -0.05) is 18.2 Å². The Balaban J connectivity index is 1.52. The van der Waals surface area contributed by atoms with Gasteiger partial charge < -0.3 is 19.5 Å². The van der Waals surface area contributed by atoms with Crippen molar-refractivity contribution in [2.75, 3.05) is 13.3 Å². The Kier molecular flexibility index (Phi) is 5.14. The van der Waals surface area contributed by atoms with Gasteiger partial charge in [0.05, 0.1) is 11.6 Å². The molecule has 1 amide bonds. The lowest BCUT2D eigenvalue weighted by Crippen LogP contribution is -2.31. The number of carbonyl (C=O) groups excluding carboxylic acids is 2. The Labute approximate surface area is 187 Å². The van der Waals surface area contributed by atoms with E-state index in [2.05, 4.69) is 0 Å². The highest BCUT2D eigenvalue weighted by molar-refractivity contribution is 7.10. The number of rotatable bonds is 5. The Hall–Kier alpha value is -3.65. The van der Waals surface area contributed by atoms with Gasteiger partial charge >= 0.3 is 0 Å². The van der Waals surface area contributed by atoms with Gasteiger partial charge in [0.2, 0.25) is 6.79 Å². The van der Waals surface area contributed by atoms with Gasteiger partial charge in [0.15, 0.2) is 11.5 Å². The fraction of sp³-hybridized carbons (Fsp3) is 0.167. The van der Waals surface area contributed by atoms with E-state index in [9.17, 15) is 19.1 Å². The van der Waals surface area contributed by atoms with E-state index < -0.39 is 17.7 Å². The number of amides is 1. The number of hydrogen-bond donors (Lipinski definition) is 1. The highest BCUT2D eigenvalue weighted by atomic mass is 32.1. The molecular weight excluding hydrogens is 433 g/mol. The Morgan fingerprint density at radius 3 is 2.62 bits per heavy atom. The number of Topliss-reactive ketones (excluding diaryl/α,β-unsaturated/α-hetero) is 1. The predicted molar refractivity (Wildman–Crippen MR) is 116 cm³/mol. The number of aliphatic hydroxyl groups is 1. The lowest BCUT2D eigenvalue weighted by atomic mass is 9.99. The number of carbonyl (C=O) groups is 2. The molecule has 0 spiro atoms. The molecule has 0 bridgehead atoms. The van der Waals surface area contributed by atoms with Crippen LogP contribution >= 0.6 is 11.3 Å². The summed E-state index contributed by atoms with van der Waals surface area (Å²) in [4.78, 5) is 28.2. The number of ketones is 1. The first-order chi connectivity index (χ1) is 15.5. The minimum absolute atomic E-state index is 0.0374. The largest absolute Gasteiger partial charge is 0.507 e. The van der Waals surface area contributed by atoms with E-state index in [4.69, 9.17) is 9.47 Å². The fourth-order valence-corrected chi connectivity index (χ4v) is 4.80. The maximum atomic E-state index is 13.2. The molecule has 1 fully saturated rings. The van der Waals surface area contributed by atoms with E-state index in [0.29, 0.717) is 23.5 Å². The molecule has 8 heteroatoms. The van der Waals surface area contributed by atoms with Crippen LogP contribution in [0.15, 0.2) is 65.6 Å². The van der Waals surface area contributed by atoms with Gasteiger partial charge in [-0.3, -0.25) is 9.59 Å². The molecule has 2 aliphatic rings. The van der Waals surface area contributed by atoms with Crippen LogP contribution in [0.5, 0.6) is 11.5 Å². The van der Waals surface area contributed by atoms with Crippen LogP contribution in [-0.4, -0.2) is 35.0 Å². The number of likely N-dealkylation sites (tertiary alicyclic amines) is 1. The zero-order valence-corrected chi connectivity index (χ0v) is 17.6. The molecule has 5 rings (SSSR count).